The number of aryl methyl sites for hydroxylation is 2. The number of carbonyl (C=O) groups is 1. The number of benzene rings is 1. The molecule has 0 unspecified atom stereocenters. The average molecular weight is 283 g/mol. The van der Waals surface area contributed by atoms with Gasteiger partial charge in [-0.05, 0) is 25.0 Å². The molecule has 3 rings (SSSR count). The second-order valence-electron chi connectivity index (χ2n) is 4.81. The Bertz CT molecular complexity index is 743. The SMILES string of the molecule is CCOC(=O)c1cc2cnn(CCc3ccccc3)c2[nH]1. The van der Waals surface area contributed by atoms with Crippen molar-refractivity contribution in [2.75, 3.05) is 6.61 Å². The molecule has 0 radical (unpaired) electrons. The van der Waals surface area contributed by atoms with Gasteiger partial charge >= 0.3 is 5.97 Å². The minimum Gasteiger partial charge on any atom is -0.461 e. The van der Waals surface area contributed by atoms with Gasteiger partial charge in [-0.2, -0.15) is 5.10 Å². The zero-order chi connectivity index (χ0) is 14.7. The van der Waals surface area contributed by atoms with Gasteiger partial charge in [-0.15, -0.1) is 0 Å². The van der Waals surface area contributed by atoms with Crippen molar-refractivity contribution in [3.63, 3.8) is 0 Å². The molecule has 0 amide bonds. The maximum atomic E-state index is 11.7. The molecule has 0 spiro atoms. The van der Waals surface area contributed by atoms with Crippen LogP contribution in [0.15, 0.2) is 42.6 Å². The van der Waals surface area contributed by atoms with Crippen LogP contribution in [0.4, 0.5) is 0 Å². The monoisotopic (exact) mass is 283 g/mol. The summed E-state index contributed by atoms with van der Waals surface area (Å²) in [5, 5.41) is 5.27. The Morgan fingerprint density at radius 1 is 1.33 bits per heavy atom. The summed E-state index contributed by atoms with van der Waals surface area (Å²) < 4.78 is 6.88. The summed E-state index contributed by atoms with van der Waals surface area (Å²) in [4.78, 5) is 14.8. The number of nitrogens with one attached hydrogen (secondary N) is 1. The highest BCUT2D eigenvalue weighted by molar-refractivity contribution is 5.93. The lowest BCUT2D eigenvalue weighted by Crippen LogP contribution is -2.06. The predicted octanol–water partition coefficient (Wildman–Crippen LogP) is 2.78. The largest absolute Gasteiger partial charge is 0.461 e. The van der Waals surface area contributed by atoms with E-state index in [1.807, 2.05) is 22.9 Å². The van der Waals surface area contributed by atoms with Crippen LogP contribution in [-0.2, 0) is 17.7 Å². The first-order chi connectivity index (χ1) is 10.3. The van der Waals surface area contributed by atoms with Gasteiger partial charge < -0.3 is 9.72 Å². The maximum absolute atomic E-state index is 11.7. The highest BCUT2D eigenvalue weighted by atomic mass is 16.5. The molecule has 0 aliphatic rings. The highest BCUT2D eigenvalue weighted by Gasteiger charge is 2.13. The molecule has 0 aliphatic heterocycles. The summed E-state index contributed by atoms with van der Waals surface area (Å²) in [6.45, 7) is 2.92. The van der Waals surface area contributed by atoms with Gasteiger partial charge in [0.25, 0.3) is 0 Å². The van der Waals surface area contributed by atoms with Crippen molar-refractivity contribution in [1.82, 2.24) is 14.8 Å². The number of hydrogen-bond acceptors (Lipinski definition) is 3. The first-order valence-corrected chi connectivity index (χ1v) is 7.03. The van der Waals surface area contributed by atoms with Gasteiger partial charge in [0.05, 0.1) is 12.8 Å². The Kier molecular flexibility index (Phi) is 3.73. The summed E-state index contributed by atoms with van der Waals surface area (Å²) in [6, 6.07) is 12.0. The van der Waals surface area contributed by atoms with E-state index in [0.717, 1.165) is 24.0 Å². The van der Waals surface area contributed by atoms with Crippen molar-refractivity contribution >= 4 is 17.0 Å². The number of H-pyrrole nitrogens is 1. The fourth-order valence-corrected chi connectivity index (χ4v) is 2.33. The van der Waals surface area contributed by atoms with Gasteiger partial charge in [-0.3, -0.25) is 0 Å². The van der Waals surface area contributed by atoms with Crippen molar-refractivity contribution in [2.24, 2.45) is 0 Å². The molecule has 0 saturated carbocycles. The molecule has 21 heavy (non-hydrogen) atoms. The highest BCUT2D eigenvalue weighted by Crippen LogP contribution is 2.16. The molecule has 0 saturated heterocycles. The third-order valence-electron chi connectivity index (χ3n) is 3.37. The van der Waals surface area contributed by atoms with Crippen LogP contribution in [0.1, 0.15) is 23.0 Å². The van der Waals surface area contributed by atoms with E-state index >= 15 is 0 Å². The summed E-state index contributed by atoms with van der Waals surface area (Å²) in [6.07, 6.45) is 2.66. The minimum absolute atomic E-state index is 0.330. The topological polar surface area (TPSA) is 59.9 Å². The lowest BCUT2D eigenvalue weighted by atomic mass is 10.1. The van der Waals surface area contributed by atoms with E-state index in [9.17, 15) is 4.79 Å². The number of hydrogen-bond donors (Lipinski definition) is 1. The molecule has 1 aromatic carbocycles. The number of esters is 1. The molecule has 2 aromatic heterocycles. The van der Waals surface area contributed by atoms with Crippen LogP contribution in [0.2, 0.25) is 0 Å². The van der Waals surface area contributed by atoms with Gasteiger partial charge in [-0.25, -0.2) is 9.48 Å². The minimum atomic E-state index is -0.330. The molecule has 5 nitrogen and oxygen atoms in total. The van der Waals surface area contributed by atoms with Gasteiger partial charge in [0, 0.05) is 11.9 Å². The summed E-state index contributed by atoms with van der Waals surface area (Å²) in [7, 11) is 0. The van der Waals surface area contributed by atoms with Crippen molar-refractivity contribution < 1.29 is 9.53 Å². The normalized spacial score (nSPS) is 10.9. The smallest absolute Gasteiger partial charge is 0.354 e. The Hall–Kier alpha value is -2.56. The Morgan fingerprint density at radius 3 is 2.90 bits per heavy atom. The first kappa shape index (κ1) is 13.4. The summed E-state index contributed by atoms with van der Waals surface area (Å²) in [5.41, 5.74) is 2.59. The first-order valence-electron chi connectivity index (χ1n) is 7.03. The number of aromatic nitrogens is 3. The summed E-state index contributed by atoms with van der Waals surface area (Å²) in [5.74, 6) is -0.330. The molecular formula is C16H17N3O2. The van der Waals surface area contributed by atoms with Crippen molar-refractivity contribution in [2.45, 2.75) is 19.9 Å². The Balaban J connectivity index is 1.78. The van der Waals surface area contributed by atoms with E-state index in [4.69, 9.17) is 4.74 Å². The quantitative estimate of drug-likeness (QED) is 0.732. The Labute approximate surface area is 122 Å². The molecule has 0 aliphatic carbocycles. The Morgan fingerprint density at radius 2 is 2.14 bits per heavy atom. The second kappa shape index (κ2) is 5.83. The third-order valence-corrected chi connectivity index (χ3v) is 3.37. The number of fused-ring (bicyclic) bond motifs is 1. The average Bonchev–Trinajstić information content (AvgIpc) is 3.07. The van der Waals surface area contributed by atoms with E-state index in [-0.39, 0.29) is 5.97 Å². The molecule has 5 heteroatoms. The maximum Gasteiger partial charge on any atom is 0.354 e. The van der Waals surface area contributed by atoms with E-state index < -0.39 is 0 Å². The van der Waals surface area contributed by atoms with Crippen LogP contribution in [0.3, 0.4) is 0 Å². The van der Waals surface area contributed by atoms with Crippen molar-refractivity contribution in [3.8, 4) is 0 Å². The predicted molar refractivity (Wildman–Crippen MR) is 80.2 cm³/mol. The second-order valence-corrected chi connectivity index (χ2v) is 4.81. The van der Waals surface area contributed by atoms with Crippen molar-refractivity contribution in [3.05, 3.63) is 53.9 Å². The van der Waals surface area contributed by atoms with Crippen LogP contribution in [0, 0.1) is 0 Å². The van der Waals surface area contributed by atoms with Gasteiger partial charge in [0.15, 0.2) is 0 Å². The molecule has 0 bridgehead atoms. The molecule has 0 atom stereocenters. The van der Waals surface area contributed by atoms with Crippen molar-refractivity contribution in [1.29, 1.82) is 0 Å². The fraction of sp³-hybridized carbons (Fsp3) is 0.250. The zero-order valence-electron chi connectivity index (χ0n) is 11.9. The van der Waals surface area contributed by atoms with E-state index in [1.165, 1.54) is 5.56 Å². The van der Waals surface area contributed by atoms with Crippen LogP contribution in [0.25, 0.3) is 11.0 Å². The number of nitrogens with zero attached hydrogens (tertiary/aromatic N) is 2. The molecular weight excluding hydrogens is 266 g/mol. The standard InChI is InChI=1S/C16H17N3O2/c1-2-21-16(20)14-10-13-11-17-19(15(13)18-14)9-8-12-6-4-3-5-7-12/h3-7,10-11,18H,2,8-9H2,1H3. The number of carbonyl (C=O) groups excluding carboxylic acids is 1. The molecule has 2 heterocycles. The fourth-order valence-electron chi connectivity index (χ4n) is 2.33. The van der Waals surface area contributed by atoms with Crippen LogP contribution >= 0.6 is 0 Å². The zero-order valence-corrected chi connectivity index (χ0v) is 11.9. The lowest BCUT2D eigenvalue weighted by molar-refractivity contribution is 0.0520. The van der Waals surface area contributed by atoms with Crippen LogP contribution in [0.5, 0.6) is 0 Å². The molecule has 1 N–H and O–H groups in total. The molecule has 3 aromatic rings. The third kappa shape index (κ3) is 2.81. The van der Waals surface area contributed by atoms with Crippen LogP contribution in [-0.4, -0.2) is 27.3 Å². The van der Waals surface area contributed by atoms with Gasteiger partial charge in [-0.1, -0.05) is 30.3 Å². The van der Waals surface area contributed by atoms with Crippen LogP contribution < -0.4 is 0 Å². The lowest BCUT2D eigenvalue weighted by Gasteiger charge is -2.03. The number of ether oxygens (including phenoxy) is 1. The molecule has 0 fully saturated rings. The van der Waals surface area contributed by atoms with Gasteiger partial charge in [0.2, 0.25) is 0 Å². The van der Waals surface area contributed by atoms with Gasteiger partial charge in [0.1, 0.15) is 11.3 Å². The van der Waals surface area contributed by atoms with E-state index in [1.54, 1.807) is 19.2 Å². The summed E-state index contributed by atoms with van der Waals surface area (Å²) >= 11 is 0. The molecule has 108 valence electrons. The number of aromatic amines is 1. The van der Waals surface area contributed by atoms with E-state index in [2.05, 4.69) is 22.2 Å². The number of rotatable bonds is 5. The van der Waals surface area contributed by atoms with E-state index in [0.29, 0.717) is 12.3 Å².